The molecule has 0 spiro atoms. The van der Waals surface area contributed by atoms with Crippen molar-refractivity contribution in [1.29, 1.82) is 0 Å². The van der Waals surface area contributed by atoms with Crippen LogP contribution in [-0.4, -0.2) is 19.6 Å². The Morgan fingerprint density at radius 1 is 0.340 bits per heavy atom. The number of hydrogen-bond donors (Lipinski definition) is 0. The molecule has 0 bridgehead atoms. The number of nitrogens with zero attached hydrogens (tertiary/aromatic N) is 4. The van der Waals surface area contributed by atoms with Gasteiger partial charge in [-0.05, 0) is 69.4 Å². The normalized spacial score (nSPS) is 11.4. The summed E-state index contributed by atoms with van der Waals surface area (Å²) < 4.78 is 2.18. The van der Waals surface area contributed by atoms with Crippen molar-refractivity contribution in [3.8, 4) is 67.3 Å². The second-order valence-corrected chi connectivity index (χ2v) is 13.3. The molecule has 4 nitrogen and oxygen atoms in total. The minimum atomic E-state index is 0.853. The fraction of sp³-hybridized carbons (Fsp3) is 0. The van der Waals surface area contributed by atoms with E-state index in [0.717, 1.165) is 78.1 Å². The highest BCUT2D eigenvalue weighted by atomic mass is 15.1. The van der Waals surface area contributed by atoms with E-state index in [-0.39, 0.29) is 0 Å². The first-order chi connectivity index (χ1) is 26.3. The van der Waals surface area contributed by atoms with Crippen LogP contribution in [-0.2, 0) is 0 Å². The zero-order valence-electron chi connectivity index (χ0n) is 28.8. The molecule has 0 aliphatic heterocycles. The van der Waals surface area contributed by atoms with Gasteiger partial charge >= 0.3 is 0 Å². The topological polar surface area (TPSA) is 43.1 Å². The molecule has 3 aromatic heterocycles. The summed E-state index contributed by atoms with van der Waals surface area (Å²) in [6.45, 7) is 0. The molecule has 0 radical (unpaired) electrons. The second kappa shape index (κ2) is 12.9. The average molecular weight is 677 g/mol. The summed E-state index contributed by atoms with van der Waals surface area (Å²) in [4.78, 5) is 5.17. The Kier molecular flexibility index (Phi) is 7.43. The minimum absolute atomic E-state index is 0.853. The van der Waals surface area contributed by atoms with Crippen molar-refractivity contribution in [2.45, 2.75) is 0 Å². The van der Waals surface area contributed by atoms with E-state index in [1.165, 1.54) is 16.3 Å². The van der Waals surface area contributed by atoms with Gasteiger partial charge < -0.3 is 0 Å². The Labute approximate surface area is 307 Å². The highest BCUT2D eigenvalue weighted by Gasteiger charge is 2.18. The van der Waals surface area contributed by atoms with E-state index in [1.54, 1.807) is 0 Å². The molecule has 0 unspecified atom stereocenters. The molecule has 0 aliphatic rings. The fourth-order valence-corrected chi connectivity index (χ4v) is 7.60. The molecular formula is C49H32N4. The predicted octanol–water partition coefficient (Wildman–Crippen LogP) is 12.4. The van der Waals surface area contributed by atoms with Gasteiger partial charge in [0, 0.05) is 39.2 Å². The molecule has 0 aliphatic carbocycles. The van der Waals surface area contributed by atoms with Gasteiger partial charge in [0.05, 0.1) is 11.4 Å². The number of pyridine rings is 1. The third-order valence-electron chi connectivity index (χ3n) is 10.1. The van der Waals surface area contributed by atoms with Gasteiger partial charge in [-0.3, -0.25) is 4.40 Å². The summed E-state index contributed by atoms with van der Waals surface area (Å²) in [7, 11) is 0. The van der Waals surface area contributed by atoms with Crippen LogP contribution in [0.1, 0.15) is 0 Å². The van der Waals surface area contributed by atoms with Crippen molar-refractivity contribution >= 4 is 27.2 Å². The molecule has 10 aromatic rings. The lowest BCUT2D eigenvalue weighted by Gasteiger charge is -2.15. The SMILES string of the molecule is c1ccc(-c2nnc(-c3cc(-c4cccc(-c5nc6ccccn6c5-c5ccccc5)c4)cc(-c4cccc5ccccc45)c3)c3ccccc23)cc1. The zero-order chi connectivity index (χ0) is 35.1. The first-order valence-corrected chi connectivity index (χ1v) is 17.9. The number of rotatable bonds is 6. The highest BCUT2D eigenvalue weighted by molar-refractivity contribution is 6.03. The Hall–Kier alpha value is -7.17. The van der Waals surface area contributed by atoms with Crippen LogP contribution in [0.2, 0.25) is 0 Å². The van der Waals surface area contributed by atoms with Crippen LogP contribution >= 0.6 is 0 Å². The van der Waals surface area contributed by atoms with E-state index in [4.69, 9.17) is 15.2 Å². The van der Waals surface area contributed by atoms with E-state index in [0.29, 0.717) is 0 Å². The maximum atomic E-state index is 5.17. The van der Waals surface area contributed by atoms with Gasteiger partial charge in [0.1, 0.15) is 17.0 Å². The van der Waals surface area contributed by atoms with Crippen LogP contribution in [0.5, 0.6) is 0 Å². The molecule has 0 N–H and O–H groups in total. The molecule has 0 fully saturated rings. The van der Waals surface area contributed by atoms with Crippen LogP contribution in [0.25, 0.3) is 94.5 Å². The maximum absolute atomic E-state index is 5.17. The summed E-state index contributed by atoms with van der Waals surface area (Å²) in [6.07, 6.45) is 2.09. The Balaban J connectivity index is 1.19. The van der Waals surface area contributed by atoms with Crippen LogP contribution < -0.4 is 0 Å². The number of aromatic nitrogens is 4. The van der Waals surface area contributed by atoms with Gasteiger partial charge in [-0.15, -0.1) is 10.2 Å². The van der Waals surface area contributed by atoms with Gasteiger partial charge in [-0.25, -0.2) is 4.98 Å². The van der Waals surface area contributed by atoms with Crippen LogP contribution in [0.15, 0.2) is 194 Å². The first kappa shape index (κ1) is 30.6. The molecule has 0 amide bonds. The predicted molar refractivity (Wildman–Crippen MR) is 218 cm³/mol. The van der Waals surface area contributed by atoms with Crippen molar-refractivity contribution in [2.24, 2.45) is 0 Å². The monoisotopic (exact) mass is 676 g/mol. The van der Waals surface area contributed by atoms with Crippen molar-refractivity contribution in [3.63, 3.8) is 0 Å². The van der Waals surface area contributed by atoms with Crippen molar-refractivity contribution in [2.75, 3.05) is 0 Å². The molecule has 53 heavy (non-hydrogen) atoms. The number of fused-ring (bicyclic) bond motifs is 3. The van der Waals surface area contributed by atoms with Gasteiger partial charge in [0.25, 0.3) is 0 Å². The fourth-order valence-electron chi connectivity index (χ4n) is 7.60. The molecule has 3 heterocycles. The smallest absolute Gasteiger partial charge is 0.137 e. The largest absolute Gasteiger partial charge is 0.299 e. The van der Waals surface area contributed by atoms with Crippen LogP contribution in [0.4, 0.5) is 0 Å². The lowest BCUT2D eigenvalue weighted by Crippen LogP contribution is -1.96. The first-order valence-electron chi connectivity index (χ1n) is 17.9. The Morgan fingerprint density at radius 3 is 1.68 bits per heavy atom. The van der Waals surface area contributed by atoms with Gasteiger partial charge in [-0.2, -0.15) is 0 Å². The van der Waals surface area contributed by atoms with E-state index in [9.17, 15) is 0 Å². The lowest BCUT2D eigenvalue weighted by atomic mass is 9.90. The second-order valence-electron chi connectivity index (χ2n) is 13.3. The van der Waals surface area contributed by atoms with Crippen LogP contribution in [0.3, 0.4) is 0 Å². The molecule has 10 rings (SSSR count). The molecule has 248 valence electrons. The summed E-state index contributed by atoms with van der Waals surface area (Å²) in [6, 6.07) is 66.1. The summed E-state index contributed by atoms with van der Waals surface area (Å²) in [5.41, 5.74) is 13.4. The molecule has 0 atom stereocenters. The Bertz CT molecular complexity index is 2940. The zero-order valence-corrected chi connectivity index (χ0v) is 28.8. The highest BCUT2D eigenvalue weighted by Crippen LogP contribution is 2.40. The van der Waals surface area contributed by atoms with E-state index >= 15 is 0 Å². The standard InChI is InChI=1S/C49H32N4/c1-3-16-34(17-4-1)46-43-24-9-10-25-44(43)47(52-51-46)40-31-38(30-39(32-40)42-26-14-20-33-15-7-8-23-41(33)42)36-21-13-22-37(29-36)48-49(35-18-5-2-6-19-35)53-28-12-11-27-45(53)50-48/h1-32H. The van der Waals surface area contributed by atoms with Gasteiger partial charge in [0.15, 0.2) is 0 Å². The average Bonchev–Trinajstić information content (AvgIpc) is 3.63. The van der Waals surface area contributed by atoms with Gasteiger partial charge in [0.2, 0.25) is 0 Å². The van der Waals surface area contributed by atoms with Crippen molar-refractivity contribution in [1.82, 2.24) is 19.6 Å². The molecule has 0 saturated heterocycles. The number of hydrogen-bond acceptors (Lipinski definition) is 3. The number of benzene rings is 7. The molecule has 7 aromatic carbocycles. The van der Waals surface area contributed by atoms with E-state index < -0.39 is 0 Å². The van der Waals surface area contributed by atoms with Gasteiger partial charge in [-0.1, -0.05) is 152 Å². The molecule has 0 saturated carbocycles. The number of imidazole rings is 1. The van der Waals surface area contributed by atoms with Crippen molar-refractivity contribution in [3.05, 3.63) is 194 Å². The van der Waals surface area contributed by atoms with E-state index in [2.05, 4.69) is 174 Å². The quantitative estimate of drug-likeness (QED) is 0.176. The van der Waals surface area contributed by atoms with Crippen LogP contribution in [0, 0.1) is 0 Å². The molecule has 4 heteroatoms. The maximum Gasteiger partial charge on any atom is 0.137 e. The summed E-state index contributed by atoms with van der Waals surface area (Å²) in [5.74, 6) is 0. The third-order valence-corrected chi connectivity index (χ3v) is 10.1. The Morgan fingerprint density at radius 2 is 0.887 bits per heavy atom. The van der Waals surface area contributed by atoms with E-state index in [1.807, 2.05) is 24.3 Å². The summed E-state index contributed by atoms with van der Waals surface area (Å²) >= 11 is 0. The third kappa shape index (κ3) is 5.45. The lowest BCUT2D eigenvalue weighted by molar-refractivity contribution is 1.06. The minimum Gasteiger partial charge on any atom is -0.299 e. The van der Waals surface area contributed by atoms with Crippen molar-refractivity contribution < 1.29 is 0 Å². The molecular weight excluding hydrogens is 645 g/mol. The summed E-state index contributed by atoms with van der Waals surface area (Å²) in [5, 5.41) is 14.4.